The standard InChI is InChI=1S/C21H24N2O2/c1-3-21-10-6-11-22-12-9-15-14-7-4-5-8-16(14)23(18(15)19(21)22)17(13-21)20(24)25-2/h4-5,7-8,13,19H,3,6,9-12H2,1-2H3/t19-,21?/m0/s1. The summed E-state index contributed by atoms with van der Waals surface area (Å²) in [6.07, 6.45) is 6.70. The maximum Gasteiger partial charge on any atom is 0.354 e. The summed E-state index contributed by atoms with van der Waals surface area (Å²) in [5.74, 6) is -0.225. The minimum Gasteiger partial charge on any atom is -0.464 e. The monoisotopic (exact) mass is 336 g/mol. The molecule has 3 aliphatic heterocycles. The first-order chi connectivity index (χ1) is 12.2. The van der Waals surface area contributed by atoms with Gasteiger partial charge < -0.3 is 9.30 Å². The van der Waals surface area contributed by atoms with Gasteiger partial charge >= 0.3 is 5.97 Å². The lowest BCUT2D eigenvalue weighted by molar-refractivity contribution is -0.134. The van der Waals surface area contributed by atoms with E-state index in [0.29, 0.717) is 11.7 Å². The normalized spacial score (nSPS) is 27.8. The molecule has 4 heteroatoms. The molecule has 2 aromatic rings. The highest BCUT2D eigenvalue weighted by molar-refractivity contribution is 6.13. The van der Waals surface area contributed by atoms with E-state index in [-0.39, 0.29) is 11.4 Å². The van der Waals surface area contributed by atoms with Gasteiger partial charge in [-0.3, -0.25) is 4.90 Å². The molecule has 4 nitrogen and oxygen atoms in total. The van der Waals surface area contributed by atoms with Crippen molar-refractivity contribution in [3.05, 3.63) is 41.6 Å². The van der Waals surface area contributed by atoms with Crippen LogP contribution in [0.3, 0.4) is 0 Å². The van der Waals surface area contributed by atoms with Crippen molar-refractivity contribution in [2.24, 2.45) is 5.41 Å². The van der Waals surface area contributed by atoms with Crippen LogP contribution in [0.2, 0.25) is 0 Å². The lowest BCUT2D eigenvalue weighted by Crippen LogP contribution is -2.51. The fraction of sp³-hybridized carbons (Fsp3) is 0.476. The molecule has 2 atom stereocenters. The predicted octanol–water partition coefficient (Wildman–Crippen LogP) is 3.76. The maximum atomic E-state index is 12.7. The number of carbonyl (C=O) groups excluding carboxylic acids is 1. The quantitative estimate of drug-likeness (QED) is 0.783. The smallest absolute Gasteiger partial charge is 0.354 e. The Bertz CT molecular complexity index is 910. The van der Waals surface area contributed by atoms with Crippen LogP contribution in [-0.2, 0) is 16.0 Å². The van der Waals surface area contributed by atoms with Crippen LogP contribution in [0.15, 0.2) is 30.3 Å². The molecule has 0 bridgehead atoms. The molecule has 1 aromatic carbocycles. The first-order valence-electron chi connectivity index (χ1n) is 9.38. The van der Waals surface area contributed by atoms with E-state index in [4.69, 9.17) is 4.74 Å². The third-order valence-corrected chi connectivity index (χ3v) is 6.64. The molecule has 0 spiro atoms. The Morgan fingerprint density at radius 3 is 2.96 bits per heavy atom. The first-order valence-corrected chi connectivity index (χ1v) is 9.38. The van der Waals surface area contributed by atoms with Gasteiger partial charge in [-0.2, -0.15) is 0 Å². The van der Waals surface area contributed by atoms with Crippen molar-refractivity contribution in [1.82, 2.24) is 9.47 Å². The van der Waals surface area contributed by atoms with E-state index in [1.807, 2.05) is 0 Å². The molecule has 0 radical (unpaired) electrons. The number of aromatic nitrogens is 1. The number of piperidine rings is 1. The van der Waals surface area contributed by atoms with Crippen molar-refractivity contribution in [3.63, 3.8) is 0 Å². The van der Waals surface area contributed by atoms with Crippen molar-refractivity contribution in [1.29, 1.82) is 0 Å². The Balaban J connectivity index is 1.89. The number of ether oxygens (including phenoxy) is 1. The van der Waals surface area contributed by atoms with E-state index in [1.54, 1.807) is 0 Å². The summed E-state index contributed by atoms with van der Waals surface area (Å²) < 4.78 is 7.38. The van der Waals surface area contributed by atoms with Crippen LogP contribution in [0.5, 0.6) is 0 Å². The topological polar surface area (TPSA) is 34.5 Å². The zero-order chi connectivity index (χ0) is 17.2. The number of hydrogen-bond donors (Lipinski definition) is 0. The average Bonchev–Trinajstić information content (AvgIpc) is 3.01. The average molecular weight is 336 g/mol. The molecule has 5 rings (SSSR count). The summed E-state index contributed by atoms with van der Waals surface area (Å²) in [7, 11) is 1.49. The van der Waals surface area contributed by atoms with Gasteiger partial charge in [0, 0.05) is 23.0 Å². The van der Waals surface area contributed by atoms with Gasteiger partial charge in [-0.05, 0) is 49.9 Å². The minimum atomic E-state index is -0.225. The summed E-state index contributed by atoms with van der Waals surface area (Å²) in [5, 5.41) is 1.30. The van der Waals surface area contributed by atoms with E-state index in [1.165, 1.54) is 30.2 Å². The molecule has 1 aromatic heterocycles. The number of carbonyl (C=O) groups is 1. The molecule has 130 valence electrons. The fourth-order valence-electron chi connectivity index (χ4n) is 5.53. The van der Waals surface area contributed by atoms with Crippen LogP contribution in [0.25, 0.3) is 16.6 Å². The molecule has 1 unspecified atom stereocenters. The number of fused-ring (bicyclic) bond motifs is 3. The van der Waals surface area contributed by atoms with E-state index >= 15 is 0 Å². The molecule has 1 saturated heterocycles. The maximum absolute atomic E-state index is 12.7. The number of para-hydroxylation sites is 1. The number of hydrogen-bond acceptors (Lipinski definition) is 3. The second kappa shape index (κ2) is 5.21. The van der Waals surface area contributed by atoms with Gasteiger partial charge in [-0.25, -0.2) is 4.79 Å². The second-order valence-corrected chi connectivity index (χ2v) is 7.62. The Morgan fingerprint density at radius 1 is 1.32 bits per heavy atom. The van der Waals surface area contributed by atoms with E-state index in [0.717, 1.165) is 37.9 Å². The number of esters is 1. The molecule has 25 heavy (non-hydrogen) atoms. The van der Waals surface area contributed by atoms with Gasteiger partial charge in [0.15, 0.2) is 0 Å². The highest BCUT2D eigenvalue weighted by atomic mass is 16.5. The zero-order valence-corrected chi connectivity index (χ0v) is 14.9. The first kappa shape index (κ1) is 15.2. The zero-order valence-electron chi connectivity index (χ0n) is 14.9. The lowest BCUT2D eigenvalue weighted by atomic mass is 9.66. The number of benzene rings is 1. The number of methoxy groups -OCH3 is 1. The van der Waals surface area contributed by atoms with Crippen LogP contribution in [-0.4, -0.2) is 35.6 Å². The highest BCUT2D eigenvalue weighted by Gasteiger charge is 2.51. The molecule has 0 saturated carbocycles. The molecular formula is C21H24N2O2. The predicted molar refractivity (Wildman–Crippen MR) is 98.2 cm³/mol. The van der Waals surface area contributed by atoms with Gasteiger partial charge in [0.25, 0.3) is 0 Å². The van der Waals surface area contributed by atoms with Gasteiger partial charge in [0.1, 0.15) is 5.70 Å². The Kier molecular flexibility index (Phi) is 3.17. The molecule has 4 heterocycles. The van der Waals surface area contributed by atoms with Gasteiger partial charge in [-0.1, -0.05) is 25.1 Å². The van der Waals surface area contributed by atoms with Crippen LogP contribution >= 0.6 is 0 Å². The summed E-state index contributed by atoms with van der Waals surface area (Å²) in [6.45, 7) is 4.55. The number of nitrogens with zero attached hydrogens (tertiary/aromatic N) is 2. The van der Waals surface area contributed by atoms with Crippen molar-refractivity contribution in [3.8, 4) is 0 Å². The van der Waals surface area contributed by atoms with Crippen molar-refractivity contribution in [2.75, 3.05) is 20.2 Å². The lowest BCUT2D eigenvalue weighted by Gasteiger charge is -2.53. The molecular weight excluding hydrogens is 312 g/mol. The molecule has 0 N–H and O–H groups in total. The molecule has 3 aliphatic rings. The Morgan fingerprint density at radius 2 is 2.16 bits per heavy atom. The summed E-state index contributed by atoms with van der Waals surface area (Å²) in [6, 6.07) is 8.89. The van der Waals surface area contributed by atoms with Gasteiger partial charge in [0.2, 0.25) is 0 Å². The van der Waals surface area contributed by atoms with Crippen molar-refractivity contribution >= 4 is 22.6 Å². The van der Waals surface area contributed by atoms with E-state index in [9.17, 15) is 4.79 Å². The number of rotatable bonds is 2. The fourth-order valence-corrected chi connectivity index (χ4v) is 5.53. The van der Waals surface area contributed by atoms with Gasteiger partial charge in [0.05, 0.1) is 18.7 Å². The van der Waals surface area contributed by atoms with Crippen LogP contribution in [0.1, 0.15) is 43.5 Å². The van der Waals surface area contributed by atoms with Crippen LogP contribution in [0.4, 0.5) is 0 Å². The SMILES string of the molecule is CCC12C=C(C(=O)OC)n3c4c(c5ccccc53)CCN(CCC1)[C@@H]42. The van der Waals surface area contributed by atoms with E-state index < -0.39 is 0 Å². The molecule has 0 amide bonds. The Hall–Kier alpha value is -2.07. The largest absolute Gasteiger partial charge is 0.464 e. The third-order valence-electron chi connectivity index (χ3n) is 6.64. The summed E-state index contributed by atoms with van der Waals surface area (Å²) in [5.41, 5.74) is 4.67. The second-order valence-electron chi connectivity index (χ2n) is 7.62. The van der Waals surface area contributed by atoms with Crippen molar-refractivity contribution < 1.29 is 9.53 Å². The minimum absolute atomic E-state index is 0.0430. The molecule has 0 aliphatic carbocycles. The van der Waals surface area contributed by atoms with Crippen molar-refractivity contribution in [2.45, 2.75) is 38.6 Å². The van der Waals surface area contributed by atoms with Crippen LogP contribution < -0.4 is 0 Å². The Labute approximate surface area is 148 Å². The van der Waals surface area contributed by atoms with E-state index in [2.05, 4.69) is 46.7 Å². The highest BCUT2D eigenvalue weighted by Crippen LogP contribution is 2.56. The summed E-state index contributed by atoms with van der Waals surface area (Å²) in [4.78, 5) is 15.3. The van der Waals surface area contributed by atoms with Crippen LogP contribution in [0, 0.1) is 5.41 Å². The van der Waals surface area contributed by atoms with Gasteiger partial charge in [-0.15, -0.1) is 0 Å². The summed E-state index contributed by atoms with van der Waals surface area (Å²) >= 11 is 0. The molecule has 1 fully saturated rings. The third kappa shape index (κ3) is 1.83.